The van der Waals surface area contributed by atoms with Crippen LogP contribution in [0.2, 0.25) is 5.15 Å². The fourth-order valence-corrected chi connectivity index (χ4v) is 2.25. The lowest BCUT2D eigenvalue weighted by Crippen LogP contribution is -1.84. The van der Waals surface area contributed by atoms with E-state index in [0.29, 0.717) is 5.15 Å². The average Bonchev–Trinajstić information content (AvgIpc) is 2.84. The molecule has 0 spiro atoms. The molecule has 0 aliphatic heterocycles. The van der Waals surface area contributed by atoms with Gasteiger partial charge in [-0.2, -0.15) is 0 Å². The number of halogens is 1. The molecule has 0 unspecified atom stereocenters. The first-order valence-electron chi connectivity index (χ1n) is 4.10. The van der Waals surface area contributed by atoms with Crippen LogP contribution in [0.25, 0.3) is 0 Å². The third-order valence-corrected chi connectivity index (χ3v) is 3.23. The Morgan fingerprint density at radius 1 is 1.50 bits per heavy atom. The number of hydrogen-bond acceptors (Lipinski definition) is 2. The third-order valence-electron chi connectivity index (χ3n) is 1.85. The summed E-state index contributed by atoms with van der Waals surface area (Å²) in [4.78, 5) is 4.20. The molecule has 0 atom stereocenters. The summed E-state index contributed by atoms with van der Waals surface area (Å²) in [5, 5.41) is 1.64. The Morgan fingerprint density at radius 2 is 2.33 bits per heavy atom. The van der Waals surface area contributed by atoms with Crippen molar-refractivity contribution < 1.29 is 0 Å². The van der Waals surface area contributed by atoms with E-state index in [1.54, 1.807) is 0 Å². The summed E-state index contributed by atoms with van der Waals surface area (Å²) in [7, 11) is 0. The molecule has 1 aliphatic rings. The van der Waals surface area contributed by atoms with E-state index >= 15 is 0 Å². The van der Waals surface area contributed by atoms with Gasteiger partial charge in [0.1, 0.15) is 5.15 Å². The maximum atomic E-state index is 5.75. The quantitative estimate of drug-likeness (QED) is 0.548. The minimum atomic E-state index is 0.593. The fourth-order valence-electron chi connectivity index (χ4n) is 0.958. The second kappa shape index (κ2) is 3.67. The summed E-state index contributed by atoms with van der Waals surface area (Å²) in [5.41, 5.74) is 0. The Labute approximate surface area is 81.5 Å². The van der Waals surface area contributed by atoms with Crippen molar-refractivity contribution in [3.63, 3.8) is 0 Å². The normalized spacial score (nSPS) is 16.4. The first-order chi connectivity index (χ1) is 5.84. The summed E-state index contributed by atoms with van der Waals surface area (Å²) >= 11 is 7.56. The number of nitrogens with zero attached hydrogens (tertiary/aromatic N) is 1. The van der Waals surface area contributed by atoms with Crippen molar-refractivity contribution in [1.29, 1.82) is 0 Å². The fraction of sp³-hybridized carbons (Fsp3) is 0.444. The average molecular weight is 200 g/mol. The van der Waals surface area contributed by atoms with Crippen molar-refractivity contribution >= 4 is 23.4 Å². The molecule has 64 valence electrons. The standard InChI is InChI=1S/C9H10ClNS/c10-8-2-1-3-9(11-8)12-6-7-4-5-7/h1-3,7H,4-6H2. The lowest BCUT2D eigenvalue weighted by atomic mass is 10.5. The van der Waals surface area contributed by atoms with Crippen molar-refractivity contribution in [2.45, 2.75) is 17.9 Å². The third kappa shape index (κ3) is 2.39. The van der Waals surface area contributed by atoms with Crippen LogP contribution in [0.4, 0.5) is 0 Å². The van der Waals surface area contributed by atoms with E-state index in [2.05, 4.69) is 4.98 Å². The molecule has 1 nitrogen and oxygen atoms in total. The molecule has 0 radical (unpaired) electrons. The first-order valence-corrected chi connectivity index (χ1v) is 5.46. The van der Waals surface area contributed by atoms with Crippen LogP contribution < -0.4 is 0 Å². The van der Waals surface area contributed by atoms with Crippen LogP contribution in [0.15, 0.2) is 23.2 Å². The van der Waals surface area contributed by atoms with Gasteiger partial charge in [-0.05, 0) is 30.9 Å². The topological polar surface area (TPSA) is 12.9 Å². The van der Waals surface area contributed by atoms with Crippen molar-refractivity contribution in [3.8, 4) is 0 Å². The smallest absolute Gasteiger partial charge is 0.130 e. The maximum Gasteiger partial charge on any atom is 0.130 e. The Hall–Kier alpha value is -0.210. The van der Waals surface area contributed by atoms with Gasteiger partial charge < -0.3 is 0 Å². The van der Waals surface area contributed by atoms with Crippen molar-refractivity contribution in [2.75, 3.05) is 5.75 Å². The number of hydrogen-bond donors (Lipinski definition) is 0. The second-order valence-corrected chi connectivity index (χ2v) is 4.48. The largest absolute Gasteiger partial charge is 0.230 e. The minimum Gasteiger partial charge on any atom is -0.230 e. The predicted octanol–water partition coefficient (Wildman–Crippen LogP) is 3.24. The maximum absolute atomic E-state index is 5.75. The Kier molecular flexibility index (Phi) is 2.57. The predicted molar refractivity (Wildman–Crippen MR) is 52.7 cm³/mol. The highest BCUT2D eigenvalue weighted by atomic mass is 35.5. The molecule has 1 heterocycles. The summed E-state index contributed by atoms with van der Waals surface area (Å²) in [6.07, 6.45) is 2.79. The van der Waals surface area contributed by atoms with Crippen molar-refractivity contribution in [3.05, 3.63) is 23.4 Å². The second-order valence-electron chi connectivity index (χ2n) is 3.05. The van der Waals surface area contributed by atoms with E-state index in [0.717, 1.165) is 10.9 Å². The van der Waals surface area contributed by atoms with Crippen LogP contribution in [0.1, 0.15) is 12.8 Å². The molecule has 3 heteroatoms. The molecular weight excluding hydrogens is 190 g/mol. The monoisotopic (exact) mass is 199 g/mol. The molecule has 0 N–H and O–H groups in total. The summed E-state index contributed by atoms with van der Waals surface area (Å²) in [6.45, 7) is 0. The molecule has 1 aromatic heterocycles. The molecule has 0 bridgehead atoms. The van der Waals surface area contributed by atoms with E-state index in [-0.39, 0.29) is 0 Å². The molecule has 1 aromatic rings. The molecule has 1 aliphatic carbocycles. The van der Waals surface area contributed by atoms with E-state index in [4.69, 9.17) is 11.6 Å². The SMILES string of the molecule is Clc1cccc(SCC2CC2)n1. The van der Waals surface area contributed by atoms with E-state index in [1.165, 1.54) is 18.6 Å². The number of aromatic nitrogens is 1. The number of pyridine rings is 1. The van der Waals surface area contributed by atoms with Gasteiger partial charge in [0.2, 0.25) is 0 Å². The van der Waals surface area contributed by atoms with Crippen molar-refractivity contribution in [2.24, 2.45) is 5.92 Å². The first kappa shape index (κ1) is 8.39. The van der Waals surface area contributed by atoms with Gasteiger partial charge in [-0.25, -0.2) is 4.98 Å². The molecule has 0 aromatic carbocycles. The highest BCUT2D eigenvalue weighted by Gasteiger charge is 2.21. The van der Waals surface area contributed by atoms with Crippen LogP contribution >= 0.6 is 23.4 Å². The van der Waals surface area contributed by atoms with Gasteiger partial charge in [0.05, 0.1) is 5.03 Å². The summed E-state index contributed by atoms with van der Waals surface area (Å²) in [5.74, 6) is 2.14. The van der Waals surface area contributed by atoms with Gasteiger partial charge in [0.15, 0.2) is 0 Å². The molecule has 1 saturated carbocycles. The van der Waals surface area contributed by atoms with Gasteiger partial charge >= 0.3 is 0 Å². The molecule has 2 rings (SSSR count). The molecule has 1 fully saturated rings. The van der Waals surface area contributed by atoms with E-state index in [1.807, 2.05) is 30.0 Å². The van der Waals surface area contributed by atoms with E-state index < -0.39 is 0 Å². The zero-order chi connectivity index (χ0) is 8.39. The Bertz CT molecular complexity index is 273. The van der Waals surface area contributed by atoms with Crippen LogP contribution in [0.5, 0.6) is 0 Å². The molecule has 12 heavy (non-hydrogen) atoms. The highest BCUT2D eigenvalue weighted by Crippen LogP contribution is 2.34. The summed E-state index contributed by atoms with van der Waals surface area (Å²) in [6, 6.07) is 5.77. The number of rotatable bonds is 3. The Balaban J connectivity index is 1.92. The van der Waals surface area contributed by atoms with Gasteiger partial charge in [0, 0.05) is 5.75 Å². The van der Waals surface area contributed by atoms with Gasteiger partial charge in [-0.1, -0.05) is 17.7 Å². The highest BCUT2D eigenvalue weighted by molar-refractivity contribution is 7.99. The lowest BCUT2D eigenvalue weighted by Gasteiger charge is -1.98. The zero-order valence-electron chi connectivity index (χ0n) is 6.66. The van der Waals surface area contributed by atoms with Gasteiger partial charge in [0.25, 0.3) is 0 Å². The van der Waals surface area contributed by atoms with Crippen LogP contribution in [0, 0.1) is 5.92 Å². The molecule has 0 amide bonds. The van der Waals surface area contributed by atoms with Gasteiger partial charge in [-0.3, -0.25) is 0 Å². The van der Waals surface area contributed by atoms with Gasteiger partial charge in [-0.15, -0.1) is 11.8 Å². The molecule has 0 saturated heterocycles. The van der Waals surface area contributed by atoms with E-state index in [9.17, 15) is 0 Å². The lowest BCUT2D eigenvalue weighted by molar-refractivity contribution is 0.993. The van der Waals surface area contributed by atoms with Crippen molar-refractivity contribution in [1.82, 2.24) is 4.98 Å². The molecular formula is C9H10ClNS. The Morgan fingerprint density at radius 3 is 3.00 bits per heavy atom. The minimum absolute atomic E-state index is 0.593. The van der Waals surface area contributed by atoms with Crippen LogP contribution in [-0.2, 0) is 0 Å². The van der Waals surface area contributed by atoms with Crippen LogP contribution in [-0.4, -0.2) is 10.7 Å². The zero-order valence-corrected chi connectivity index (χ0v) is 8.24. The number of thioether (sulfide) groups is 1. The van der Waals surface area contributed by atoms with Crippen LogP contribution in [0.3, 0.4) is 0 Å². The summed E-state index contributed by atoms with van der Waals surface area (Å²) < 4.78 is 0.